The molecule has 0 saturated heterocycles. The molecule has 114 valence electrons. The van der Waals surface area contributed by atoms with Crippen molar-refractivity contribution in [2.75, 3.05) is 0 Å². The van der Waals surface area contributed by atoms with Gasteiger partial charge >= 0.3 is 8.03 Å². The monoisotopic (exact) mass is 289 g/mol. The second-order valence-electron chi connectivity index (χ2n) is 5.75. The van der Waals surface area contributed by atoms with E-state index in [0.29, 0.717) is 0 Å². The first-order chi connectivity index (χ1) is 9.11. The summed E-state index contributed by atoms with van der Waals surface area (Å²) in [5.41, 5.74) is 0.213. The molecule has 0 radical (unpaired) electrons. The molecule has 0 aliphatic rings. The molecule has 0 fully saturated rings. The van der Waals surface area contributed by atoms with Gasteiger partial charge in [-0.25, -0.2) is 0 Å². The molecule has 19 heavy (non-hydrogen) atoms. The fourth-order valence-corrected chi connectivity index (χ4v) is 3.23. The predicted octanol–water partition coefficient (Wildman–Crippen LogP) is 6.46. The van der Waals surface area contributed by atoms with Crippen molar-refractivity contribution >= 4 is 8.03 Å². The zero-order chi connectivity index (χ0) is 14.5. The van der Waals surface area contributed by atoms with Gasteiger partial charge in [-0.05, 0) is 37.7 Å². The highest BCUT2D eigenvalue weighted by molar-refractivity contribution is 7.40. The molecule has 2 nitrogen and oxygen atoms in total. The zero-order valence-corrected chi connectivity index (χ0v) is 14.4. The van der Waals surface area contributed by atoms with Gasteiger partial charge in [-0.2, -0.15) is 0 Å². The minimum Gasteiger partial charge on any atom is -0.143 e. The van der Waals surface area contributed by atoms with E-state index in [4.69, 9.17) is 4.52 Å². The molecular weight excluding hydrogens is 255 g/mol. The molecule has 0 spiro atoms. The van der Waals surface area contributed by atoms with E-state index in [1.54, 1.807) is 0 Å². The third kappa shape index (κ3) is 11.6. The van der Waals surface area contributed by atoms with Gasteiger partial charge in [0.1, 0.15) is 6.10 Å². The van der Waals surface area contributed by atoms with Gasteiger partial charge in [0.05, 0.1) is 0 Å². The standard InChI is InChI=1S/C16H34O2P/c1-5-7-9-11-13-15(3)18-19(17)16(4)14-12-10-8-6-2/h15-16H,5-14H2,1-4H3/q+1. The van der Waals surface area contributed by atoms with Gasteiger partial charge in [-0.3, -0.25) is 0 Å². The van der Waals surface area contributed by atoms with Crippen molar-refractivity contribution in [2.45, 2.75) is 104 Å². The van der Waals surface area contributed by atoms with E-state index < -0.39 is 8.03 Å². The minimum atomic E-state index is -1.48. The van der Waals surface area contributed by atoms with Crippen LogP contribution in [0.2, 0.25) is 0 Å². The second kappa shape index (κ2) is 13.1. The molecule has 0 aliphatic heterocycles. The quantitative estimate of drug-likeness (QED) is 0.287. The fraction of sp³-hybridized carbons (Fsp3) is 1.00. The van der Waals surface area contributed by atoms with Gasteiger partial charge < -0.3 is 0 Å². The molecule has 0 rings (SSSR count). The topological polar surface area (TPSA) is 26.3 Å². The Labute approximate surface area is 121 Å². The van der Waals surface area contributed by atoms with Crippen LogP contribution in [0.1, 0.15) is 91.9 Å². The summed E-state index contributed by atoms with van der Waals surface area (Å²) in [5.74, 6) is 0. The number of rotatable bonds is 13. The van der Waals surface area contributed by atoms with Crippen LogP contribution in [0.3, 0.4) is 0 Å². The van der Waals surface area contributed by atoms with Gasteiger partial charge in [0.25, 0.3) is 0 Å². The van der Waals surface area contributed by atoms with Gasteiger partial charge in [0.15, 0.2) is 5.66 Å². The average Bonchev–Trinajstić information content (AvgIpc) is 2.39. The van der Waals surface area contributed by atoms with Crippen LogP contribution in [0.25, 0.3) is 0 Å². The Hall–Kier alpha value is 0.0600. The SMILES string of the molecule is CCCCCCC(C)O[P+](=O)C(C)CCCCCC. The summed E-state index contributed by atoms with van der Waals surface area (Å²) in [5, 5.41) is 0. The Morgan fingerprint density at radius 3 is 1.89 bits per heavy atom. The first-order valence-electron chi connectivity index (χ1n) is 8.24. The van der Waals surface area contributed by atoms with Crippen LogP contribution in [-0.2, 0) is 9.09 Å². The minimum absolute atomic E-state index is 0.151. The number of hydrogen-bond donors (Lipinski definition) is 0. The molecule has 0 aromatic rings. The maximum atomic E-state index is 12.0. The van der Waals surface area contributed by atoms with Crippen LogP contribution >= 0.6 is 8.03 Å². The Balaban J connectivity index is 3.63. The van der Waals surface area contributed by atoms with E-state index in [2.05, 4.69) is 27.7 Å². The summed E-state index contributed by atoms with van der Waals surface area (Å²) in [6.45, 7) is 8.56. The Bertz CT molecular complexity index is 219. The molecule has 0 amide bonds. The van der Waals surface area contributed by atoms with E-state index in [1.165, 1.54) is 51.4 Å². The molecule has 3 unspecified atom stereocenters. The molecule has 3 atom stereocenters. The van der Waals surface area contributed by atoms with Crippen molar-refractivity contribution in [3.63, 3.8) is 0 Å². The highest BCUT2D eigenvalue weighted by atomic mass is 31.1. The smallest absolute Gasteiger partial charge is 0.143 e. The Morgan fingerprint density at radius 1 is 0.842 bits per heavy atom. The average molecular weight is 289 g/mol. The molecular formula is C16H34O2P+. The number of hydrogen-bond acceptors (Lipinski definition) is 2. The summed E-state index contributed by atoms with van der Waals surface area (Å²) in [6.07, 6.45) is 12.3. The molecule has 0 heterocycles. The normalized spacial score (nSPS) is 15.3. The summed E-state index contributed by atoms with van der Waals surface area (Å²) in [6, 6.07) is 0. The maximum Gasteiger partial charge on any atom is 0.511 e. The number of unbranched alkanes of at least 4 members (excludes halogenated alkanes) is 6. The van der Waals surface area contributed by atoms with Crippen molar-refractivity contribution in [3.05, 3.63) is 0 Å². The largest absolute Gasteiger partial charge is 0.511 e. The van der Waals surface area contributed by atoms with Crippen LogP contribution < -0.4 is 0 Å². The third-order valence-corrected chi connectivity index (χ3v) is 5.13. The van der Waals surface area contributed by atoms with Crippen LogP contribution in [-0.4, -0.2) is 11.8 Å². The third-order valence-electron chi connectivity index (χ3n) is 3.58. The fourth-order valence-electron chi connectivity index (χ4n) is 2.16. The van der Waals surface area contributed by atoms with Gasteiger partial charge in [0.2, 0.25) is 0 Å². The van der Waals surface area contributed by atoms with Crippen LogP contribution in [0.4, 0.5) is 0 Å². The lowest BCUT2D eigenvalue weighted by atomic mass is 10.1. The predicted molar refractivity (Wildman–Crippen MR) is 85.1 cm³/mol. The highest BCUT2D eigenvalue weighted by Crippen LogP contribution is 2.35. The van der Waals surface area contributed by atoms with Crippen molar-refractivity contribution in [1.82, 2.24) is 0 Å². The summed E-state index contributed by atoms with van der Waals surface area (Å²) in [7, 11) is -1.48. The molecule has 0 N–H and O–H groups in total. The summed E-state index contributed by atoms with van der Waals surface area (Å²) < 4.78 is 17.7. The summed E-state index contributed by atoms with van der Waals surface area (Å²) >= 11 is 0. The van der Waals surface area contributed by atoms with Crippen molar-refractivity contribution < 1.29 is 9.09 Å². The van der Waals surface area contributed by atoms with E-state index in [9.17, 15) is 4.57 Å². The van der Waals surface area contributed by atoms with Crippen molar-refractivity contribution in [2.24, 2.45) is 0 Å². The van der Waals surface area contributed by atoms with Gasteiger partial charge in [-0.15, -0.1) is 4.52 Å². The lowest BCUT2D eigenvalue weighted by molar-refractivity contribution is 0.215. The van der Waals surface area contributed by atoms with Crippen molar-refractivity contribution in [3.8, 4) is 0 Å². The first-order valence-corrected chi connectivity index (χ1v) is 9.49. The van der Waals surface area contributed by atoms with E-state index in [0.717, 1.165) is 12.8 Å². The van der Waals surface area contributed by atoms with Gasteiger partial charge in [-0.1, -0.05) is 58.8 Å². The van der Waals surface area contributed by atoms with E-state index in [-0.39, 0.29) is 11.8 Å². The Morgan fingerprint density at radius 2 is 1.37 bits per heavy atom. The van der Waals surface area contributed by atoms with Crippen LogP contribution in [0.15, 0.2) is 0 Å². The molecule has 0 aromatic carbocycles. The zero-order valence-electron chi connectivity index (χ0n) is 13.5. The van der Waals surface area contributed by atoms with Gasteiger partial charge in [0, 0.05) is 0 Å². The first kappa shape index (κ1) is 19.1. The van der Waals surface area contributed by atoms with Crippen molar-refractivity contribution in [1.29, 1.82) is 0 Å². The highest BCUT2D eigenvalue weighted by Gasteiger charge is 2.29. The lowest BCUT2D eigenvalue weighted by Crippen LogP contribution is -2.07. The molecule has 0 aliphatic carbocycles. The summed E-state index contributed by atoms with van der Waals surface area (Å²) in [4.78, 5) is 0. The molecule has 0 bridgehead atoms. The Kier molecular flexibility index (Phi) is 13.1. The lowest BCUT2D eigenvalue weighted by Gasteiger charge is -2.06. The van der Waals surface area contributed by atoms with E-state index >= 15 is 0 Å². The van der Waals surface area contributed by atoms with Crippen LogP contribution in [0, 0.1) is 0 Å². The molecule has 3 heteroatoms. The van der Waals surface area contributed by atoms with Crippen LogP contribution in [0.5, 0.6) is 0 Å². The second-order valence-corrected chi connectivity index (χ2v) is 7.41. The van der Waals surface area contributed by atoms with E-state index in [1.807, 2.05) is 0 Å². The molecule has 0 aromatic heterocycles. The maximum absolute atomic E-state index is 12.0. The molecule has 0 saturated carbocycles.